The summed E-state index contributed by atoms with van der Waals surface area (Å²) >= 11 is 0. The van der Waals surface area contributed by atoms with Crippen molar-refractivity contribution in [2.45, 2.75) is 193 Å². The number of allylic oxidation sites excluding steroid dienone is 10. The second-order valence-electron chi connectivity index (χ2n) is 13.3. The van der Waals surface area contributed by atoms with Crippen LogP contribution in [-0.2, 0) is 14.3 Å². The first-order chi connectivity index (χ1) is 23.7. The van der Waals surface area contributed by atoms with E-state index in [1.807, 2.05) is 0 Å². The zero-order chi connectivity index (χ0) is 34.9. The molecule has 0 rings (SSSR count). The molecular formula is C44H78O4. The second-order valence-corrected chi connectivity index (χ2v) is 13.3. The molecule has 0 saturated carbocycles. The van der Waals surface area contributed by atoms with Gasteiger partial charge in [-0.15, -0.1) is 0 Å². The van der Waals surface area contributed by atoms with Gasteiger partial charge in [0.05, 0.1) is 13.2 Å². The van der Waals surface area contributed by atoms with Gasteiger partial charge in [0.2, 0.25) is 0 Å². The molecule has 0 aromatic rings. The topological polar surface area (TPSA) is 55.8 Å². The Kier molecular flexibility index (Phi) is 39.6. The molecule has 4 nitrogen and oxygen atoms in total. The van der Waals surface area contributed by atoms with E-state index >= 15 is 0 Å². The largest absolute Gasteiger partial charge is 0.457 e. The minimum atomic E-state index is -0.544. The number of carbonyl (C=O) groups is 1. The minimum Gasteiger partial charge on any atom is -0.457 e. The fourth-order valence-corrected chi connectivity index (χ4v) is 5.55. The molecule has 1 atom stereocenters. The van der Waals surface area contributed by atoms with Gasteiger partial charge in [0.25, 0.3) is 0 Å². The zero-order valence-electron chi connectivity index (χ0n) is 31.7. The predicted molar refractivity (Wildman–Crippen MR) is 209 cm³/mol. The van der Waals surface area contributed by atoms with Gasteiger partial charge in [-0.1, -0.05) is 164 Å². The molecule has 0 aliphatic carbocycles. The van der Waals surface area contributed by atoms with Crippen LogP contribution in [-0.4, -0.2) is 37.0 Å². The first-order valence-corrected chi connectivity index (χ1v) is 20.4. The SMILES string of the molecule is CC/C=C\C/C=C\C/C=C\CCCCCCCCCC(=O)OC(CO)COCCCCCCCCCC/C=C\C/C=C\CCCCCC. The molecule has 4 heteroatoms. The maximum absolute atomic E-state index is 12.2. The first kappa shape index (κ1) is 46.1. The van der Waals surface area contributed by atoms with E-state index in [-0.39, 0.29) is 19.2 Å². The van der Waals surface area contributed by atoms with E-state index in [4.69, 9.17) is 9.47 Å². The number of aliphatic hydroxyl groups is 1. The Morgan fingerprint density at radius 3 is 1.42 bits per heavy atom. The highest BCUT2D eigenvalue weighted by molar-refractivity contribution is 5.69. The van der Waals surface area contributed by atoms with E-state index in [2.05, 4.69) is 74.6 Å². The Hall–Kier alpha value is -1.91. The number of esters is 1. The third kappa shape index (κ3) is 38.5. The molecule has 48 heavy (non-hydrogen) atoms. The predicted octanol–water partition coefficient (Wildman–Crippen LogP) is 13.3. The summed E-state index contributed by atoms with van der Waals surface area (Å²) in [5.74, 6) is -0.214. The summed E-state index contributed by atoms with van der Waals surface area (Å²) in [6.07, 6.45) is 54.1. The number of aliphatic hydroxyl groups excluding tert-OH is 1. The van der Waals surface area contributed by atoms with E-state index in [1.54, 1.807) is 0 Å². The minimum absolute atomic E-state index is 0.180. The Morgan fingerprint density at radius 2 is 0.938 bits per heavy atom. The van der Waals surface area contributed by atoms with Gasteiger partial charge in [0.1, 0.15) is 6.10 Å². The summed E-state index contributed by atoms with van der Waals surface area (Å²) in [6, 6.07) is 0. The maximum atomic E-state index is 12.2. The standard InChI is InChI=1S/C44H78O4/c1-3-5-7-9-11-13-15-17-19-21-22-24-26-28-30-32-34-36-38-40-47-42-43(41-45)48-44(46)39-37-35-33-31-29-27-25-23-20-18-16-14-12-10-8-6-4-2/h6,8,12-15,18-21,43,45H,3-5,7,9-11,16-17,22-42H2,1-2H3/b8-6-,14-12-,15-13-,20-18-,21-19-. The maximum Gasteiger partial charge on any atom is 0.306 e. The van der Waals surface area contributed by atoms with Crippen LogP contribution in [0.5, 0.6) is 0 Å². The molecule has 278 valence electrons. The monoisotopic (exact) mass is 671 g/mol. The highest BCUT2D eigenvalue weighted by Crippen LogP contribution is 2.12. The van der Waals surface area contributed by atoms with Gasteiger partial charge in [0.15, 0.2) is 0 Å². The first-order valence-electron chi connectivity index (χ1n) is 20.4. The Labute approximate surface area is 298 Å². The summed E-state index contributed by atoms with van der Waals surface area (Å²) in [5, 5.41) is 9.59. The van der Waals surface area contributed by atoms with Crippen molar-refractivity contribution in [2.24, 2.45) is 0 Å². The van der Waals surface area contributed by atoms with Crippen LogP contribution in [0, 0.1) is 0 Å². The van der Waals surface area contributed by atoms with Crippen LogP contribution >= 0.6 is 0 Å². The molecule has 0 aromatic heterocycles. The van der Waals surface area contributed by atoms with E-state index < -0.39 is 6.10 Å². The number of hydrogen-bond acceptors (Lipinski definition) is 4. The molecule has 1 N–H and O–H groups in total. The Bertz CT molecular complexity index is 794. The Morgan fingerprint density at radius 1 is 0.521 bits per heavy atom. The number of carbonyl (C=O) groups excluding carboxylic acids is 1. The molecule has 0 heterocycles. The van der Waals surface area contributed by atoms with Crippen molar-refractivity contribution in [3.63, 3.8) is 0 Å². The number of hydrogen-bond donors (Lipinski definition) is 1. The molecule has 0 bridgehead atoms. The quantitative estimate of drug-likeness (QED) is 0.0406. The summed E-state index contributed by atoms with van der Waals surface area (Å²) in [5.41, 5.74) is 0. The van der Waals surface area contributed by atoms with E-state index in [1.165, 1.54) is 122 Å². The molecule has 0 aliphatic heterocycles. The lowest BCUT2D eigenvalue weighted by molar-refractivity contribution is -0.154. The van der Waals surface area contributed by atoms with Crippen LogP contribution in [0.4, 0.5) is 0 Å². The van der Waals surface area contributed by atoms with Crippen LogP contribution in [0.15, 0.2) is 60.8 Å². The third-order valence-electron chi connectivity index (χ3n) is 8.58. The molecule has 1 unspecified atom stereocenters. The highest BCUT2D eigenvalue weighted by atomic mass is 16.6. The number of unbranched alkanes of at least 4 members (excludes halogenated alkanes) is 19. The molecule has 0 spiro atoms. The fraction of sp³-hybridized carbons (Fsp3) is 0.750. The summed E-state index contributed by atoms with van der Waals surface area (Å²) in [4.78, 5) is 12.2. The van der Waals surface area contributed by atoms with Gasteiger partial charge in [-0.2, -0.15) is 0 Å². The number of rotatable bonds is 37. The molecule has 0 aromatic carbocycles. The average molecular weight is 671 g/mol. The van der Waals surface area contributed by atoms with Gasteiger partial charge in [-0.3, -0.25) is 4.79 Å². The van der Waals surface area contributed by atoms with E-state index in [0.29, 0.717) is 13.0 Å². The lowest BCUT2D eigenvalue weighted by Gasteiger charge is -2.16. The zero-order valence-corrected chi connectivity index (χ0v) is 31.7. The number of ether oxygens (including phenoxy) is 2. The summed E-state index contributed by atoms with van der Waals surface area (Å²) in [7, 11) is 0. The molecule has 0 aliphatic rings. The van der Waals surface area contributed by atoms with Gasteiger partial charge < -0.3 is 14.6 Å². The lowest BCUT2D eigenvalue weighted by atomic mass is 10.1. The van der Waals surface area contributed by atoms with Gasteiger partial charge >= 0.3 is 5.97 Å². The van der Waals surface area contributed by atoms with Crippen LogP contribution in [0.25, 0.3) is 0 Å². The normalized spacial score (nSPS) is 13.0. The highest BCUT2D eigenvalue weighted by Gasteiger charge is 2.13. The third-order valence-corrected chi connectivity index (χ3v) is 8.58. The smallest absolute Gasteiger partial charge is 0.306 e. The van der Waals surface area contributed by atoms with Gasteiger partial charge in [0, 0.05) is 13.0 Å². The van der Waals surface area contributed by atoms with Crippen molar-refractivity contribution >= 4 is 5.97 Å². The average Bonchev–Trinajstić information content (AvgIpc) is 3.09. The van der Waals surface area contributed by atoms with Crippen LogP contribution in [0.2, 0.25) is 0 Å². The lowest BCUT2D eigenvalue weighted by Crippen LogP contribution is -2.27. The molecule has 0 radical (unpaired) electrons. The molecule has 0 fully saturated rings. The van der Waals surface area contributed by atoms with Crippen molar-refractivity contribution in [1.82, 2.24) is 0 Å². The molecule has 0 saturated heterocycles. The van der Waals surface area contributed by atoms with E-state index in [0.717, 1.165) is 44.9 Å². The van der Waals surface area contributed by atoms with Crippen molar-refractivity contribution < 1.29 is 19.4 Å². The van der Waals surface area contributed by atoms with E-state index in [9.17, 15) is 9.90 Å². The molecule has 0 amide bonds. The van der Waals surface area contributed by atoms with Crippen LogP contribution in [0.3, 0.4) is 0 Å². The van der Waals surface area contributed by atoms with Gasteiger partial charge in [-0.05, 0) is 77.0 Å². The van der Waals surface area contributed by atoms with Crippen LogP contribution in [0.1, 0.15) is 187 Å². The van der Waals surface area contributed by atoms with Gasteiger partial charge in [-0.25, -0.2) is 0 Å². The molecular weight excluding hydrogens is 592 g/mol. The Balaban J connectivity index is 3.47. The summed E-state index contributed by atoms with van der Waals surface area (Å²) < 4.78 is 11.1. The second kappa shape index (κ2) is 41.3. The fourth-order valence-electron chi connectivity index (χ4n) is 5.55. The van der Waals surface area contributed by atoms with Crippen molar-refractivity contribution in [3.05, 3.63) is 60.8 Å². The van der Waals surface area contributed by atoms with Crippen molar-refractivity contribution in [2.75, 3.05) is 19.8 Å². The summed E-state index contributed by atoms with van der Waals surface area (Å²) in [6.45, 7) is 5.20. The van der Waals surface area contributed by atoms with Crippen molar-refractivity contribution in [3.8, 4) is 0 Å². The van der Waals surface area contributed by atoms with Crippen LogP contribution < -0.4 is 0 Å². The van der Waals surface area contributed by atoms with Crippen molar-refractivity contribution in [1.29, 1.82) is 0 Å².